The Hall–Kier alpha value is -1.98. The minimum absolute atomic E-state index is 0.175. The van der Waals surface area contributed by atoms with Crippen molar-refractivity contribution < 1.29 is 27.8 Å². The van der Waals surface area contributed by atoms with Gasteiger partial charge in [-0.05, 0) is 92.7 Å². The lowest BCUT2D eigenvalue weighted by Crippen LogP contribution is -2.30. The molecule has 0 aromatic heterocycles. The summed E-state index contributed by atoms with van der Waals surface area (Å²) in [5, 5.41) is 9.32. The van der Waals surface area contributed by atoms with E-state index in [1.165, 1.54) is 12.1 Å². The van der Waals surface area contributed by atoms with E-state index in [-0.39, 0.29) is 11.7 Å². The van der Waals surface area contributed by atoms with Gasteiger partial charge in [-0.3, -0.25) is 4.79 Å². The van der Waals surface area contributed by atoms with E-state index in [1.54, 1.807) is 18.2 Å². The summed E-state index contributed by atoms with van der Waals surface area (Å²) in [5.41, 5.74) is 1.08. The molecule has 1 N–H and O–H groups in total. The first-order valence-corrected chi connectivity index (χ1v) is 10.5. The molecule has 3 nitrogen and oxygen atoms in total. The van der Waals surface area contributed by atoms with Crippen molar-refractivity contribution in [2.45, 2.75) is 63.6 Å². The zero-order valence-electron chi connectivity index (χ0n) is 16.5. The summed E-state index contributed by atoms with van der Waals surface area (Å²) >= 11 is 0. The van der Waals surface area contributed by atoms with Crippen LogP contribution in [0.25, 0.3) is 0 Å². The number of rotatable bonds is 6. The van der Waals surface area contributed by atoms with E-state index in [2.05, 4.69) is 11.3 Å². The van der Waals surface area contributed by atoms with Crippen LogP contribution in [0.2, 0.25) is 0 Å². The molecular weight excluding hydrogens is 381 g/mol. The van der Waals surface area contributed by atoms with Crippen LogP contribution in [0, 0.1) is 23.7 Å². The second kappa shape index (κ2) is 9.23. The number of carboxylic acids is 1. The van der Waals surface area contributed by atoms with Crippen molar-refractivity contribution in [2.75, 3.05) is 0 Å². The smallest absolute Gasteiger partial charge is 0.481 e. The lowest BCUT2D eigenvalue weighted by molar-refractivity contribution is -0.274. The second-order valence-electron chi connectivity index (χ2n) is 8.50. The number of hydrogen-bond donors (Lipinski definition) is 1. The van der Waals surface area contributed by atoms with Crippen LogP contribution in [0.4, 0.5) is 13.2 Å². The molecule has 0 aliphatic heterocycles. The molecule has 0 heterocycles. The first kappa shape index (κ1) is 21.7. The third-order valence-electron chi connectivity index (χ3n) is 6.89. The van der Waals surface area contributed by atoms with Crippen LogP contribution < -0.4 is 4.74 Å². The van der Waals surface area contributed by atoms with Crippen LogP contribution in [0.5, 0.6) is 5.75 Å². The van der Waals surface area contributed by atoms with Crippen molar-refractivity contribution in [1.82, 2.24) is 0 Å². The van der Waals surface area contributed by atoms with E-state index in [4.69, 9.17) is 0 Å². The van der Waals surface area contributed by atoms with Gasteiger partial charge in [0.15, 0.2) is 0 Å². The summed E-state index contributed by atoms with van der Waals surface area (Å²) in [4.78, 5) is 11.3. The number of aliphatic carboxylic acids is 1. The molecule has 29 heavy (non-hydrogen) atoms. The SMILES string of the molecule is C=CC(C(=O)O)C1CCC([C@H]2CC[C@H](c3ccc(OC(F)(F)F)cc3)CC2)CC1. The van der Waals surface area contributed by atoms with Gasteiger partial charge in [0.2, 0.25) is 0 Å². The zero-order chi connectivity index (χ0) is 21.0. The van der Waals surface area contributed by atoms with Crippen molar-refractivity contribution in [3.63, 3.8) is 0 Å². The second-order valence-corrected chi connectivity index (χ2v) is 8.50. The minimum Gasteiger partial charge on any atom is -0.481 e. The molecule has 1 aromatic rings. The molecule has 1 aromatic carbocycles. The van der Waals surface area contributed by atoms with Crippen molar-refractivity contribution in [1.29, 1.82) is 0 Å². The van der Waals surface area contributed by atoms with E-state index in [0.29, 0.717) is 17.8 Å². The van der Waals surface area contributed by atoms with E-state index in [0.717, 1.165) is 56.9 Å². The fourth-order valence-electron chi connectivity index (χ4n) is 5.34. The zero-order valence-corrected chi connectivity index (χ0v) is 16.5. The van der Waals surface area contributed by atoms with Gasteiger partial charge in [-0.2, -0.15) is 0 Å². The van der Waals surface area contributed by atoms with Gasteiger partial charge in [0.1, 0.15) is 5.75 Å². The summed E-state index contributed by atoms with van der Waals surface area (Å²) in [6, 6.07) is 6.29. The molecule has 0 spiro atoms. The number of benzene rings is 1. The molecule has 0 radical (unpaired) electrons. The number of ether oxygens (including phenoxy) is 1. The van der Waals surface area contributed by atoms with Crippen LogP contribution in [0.1, 0.15) is 62.8 Å². The predicted molar refractivity (Wildman–Crippen MR) is 105 cm³/mol. The van der Waals surface area contributed by atoms with Crippen LogP contribution in [-0.2, 0) is 4.79 Å². The molecule has 6 heteroatoms. The normalized spacial score (nSPS) is 29.1. The largest absolute Gasteiger partial charge is 0.573 e. The Labute approximate surface area is 170 Å². The Morgan fingerprint density at radius 3 is 1.97 bits per heavy atom. The van der Waals surface area contributed by atoms with Gasteiger partial charge in [0.05, 0.1) is 5.92 Å². The maximum atomic E-state index is 12.3. The summed E-state index contributed by atoms with van der Waals surface area (Å²) in [6.45, 7) is 3.68. The lowest BCUT2D eigenvalue weighted by Gasteiger charge is -2.38. The van der Waals surface area contributed by atoms with Gasteiger partial charge in [-0.1, -0.05) is 18.2 Å². The van der Waals surface area contributed by atoms with Gasteiger partial charge >= 0.3 is 12.3 Å². The third kappa shape index (κ3) is 5.77. The lowest BCUT2D eigenvalue weighted by atomic mass is 9.67. The molecule has 2 aliphatic rings. The maximum absolute atomic E-state index is 12.3. The van der Waals surface area contributed by atoms with Crippen molar-refractivity contribution in [3.05, 3.63) is 42.5 Å². The van der Waals surface area contributed by atoms with Gasteiger partial charge < -0.3 is 9.84 Å². The van der Waals surface area contributed by atoms with Crippen LogP contribution in [0.3, 0.4) is 0 Å². The van der Waals surface area contributed by atoms with Crippen molar-refractivity contribution >= 4 is 5.97 Å². The Kier molecular flexibility index (Phi) is 6.91. The molecule has 2 fully saturated rings. The molecule has 0 saturated heterocycles. The fraction of sp³-hybridized carbons (Fsp3) is 0.609. The molecular formula is C23H29F3O3. The molecule has 2 aliphatic carbocycles. The average molecular weight is 410 g/mol. The summed E-state index contributed by atoms with van der Waals surface area (Å²) in [5.74, 6) is 0.549. The minimum atomic E-state index is -4.66. The average Bonchev–Trinajstić information content (AvgIpc) is 2.68. The van der Waals surface area contributed by atoms with E-state index in [1.807, 2.05) is 0 Å². The number of alkyl halides is 3. The quantitative estimate of drug-likeness (QED) is 0.541. The Morgan fingerprint density at radius 2 is 1.52 bits per heavy atom. The molecule has 0 amide bonds. The molecule has 1 unspecified atom stereocenters. The highest BCUT2D eigenvalue weighted by Gasteiger charge is 2.35. The van der Waals surface area contributed by atoms with E-state index < -0.39 is 18.2 Å². The first-order chi connectivity index (χ1) is 13.8. The summed E-state index contributed by atoms with van der Waals surface area (Å²) in [6.07, 6.45) is 5.35. The molecule has 0 bridgehead atoms. The van der Waals surface area contributed by atoms with Crippen LogP contribution in [0.15, 0.2) is 36.9 Å². The van der Waals surface area contributed by atoms with Crippen LogP contribution in [-0.4, -0.2) is 17.4 Å². The molecule has 160 valence electrons. The van der Waals surface area contributed by atoms with Gasteiger partial charge in [0, 0.05) is 0 Å². The molecule has 1 atom stereocenters. The fourth-order valence-corrected chi connectivity index (χ4v) is 5.34. The number of halogens is 3. The first-order valence-electron chi connectivity index (χ1n) is 10.5. The highest BCUT2D eigenvalue weighted by molar-refractivity contribution is 5.72. The molecule has 2 saturated carbocycles. The Balaban J connectivity index is 1.47. The Bertz CT molecular complexity index is 682. The summed E-state index contributed by atoms with van der Waals surface area (Å²) in [7, 11) is 0. The topological polar surface area (TPSA) is 46.5 Å². The Morgan fingerprint density at radius 1 is 1.00 bits per heavy atom. The van der Waals surface area contributed by atoms with E-state index in [9.17, 15) is 23.1 Å². The van der Waals surface area contributed by atoms with Crippen molar-refractivity contribution in [2.24, 2.45) is 23.7 Å². The predicted octanol–water partition coefficient (Wildman–Crippen LogP) is 6.55. The number of hydrogen-bond acceptors (Lipinski definition) is 2. The van der Waals surface area contributed by atoms with Gasteiger partial charge in [-0.25, -0.2) is 0 Å². The summed E-state index contributed by atoms with van der Waals surface area (Å²) < 4.78 is 40.8. The monoisotopic (exact) mass is 410 g/mol. The van der Waals surface area contributed by atoms with Crippen molar-refractivity contribution in [3.8, 4) is 5.75 Å². The van der Waals surface area contributed by atoms with Gasteiger partial charge in [0.25, 0.3) is 0 Å². The number of carboxylic acid groups (broad SMARTS) is 1. The highest BCUT2D eigenvalue weighted by Crippen LogP contribution is 2.45. The number of carbonyl (C=O) groups is 1. The standard InChI is InChI=1S/C23H29F3O3/c1-2-21(22(27)28)19-9-7-17(8-10-19)15-3-5-16(6-4-15)18-11-13-20(14-12-18)29-23(24,25)26/h2,11-17,19,21H,1,3-10H2,(H,27,28)/t15-,16-,17?,19?,21?. The van der Waals surface area contributed by atoms with Crippen LogP contribution >= 0.6 is 0 Å². The van der Waals surface area contributed by atoms with Gasteiger partial charge in [-0.15, -0.1) is 19.8 Å². The highest BCUT2D eigenvalue weighted by atomic mass is 19.4. The molecule has 3 rings (SSSR count). The van der Waals surface area contributed by atoms with E-state index >= 15 is 0 Å². The third-order valence-corrected chi connectivity index (χ3v) is 6.89. The maximum Gasteiger partial charge on any atom is 0.573 e.